The highest BCUT2D eigenvalue weighted by atomic mass is 19.1. The third kappa shape index (κ3) is 4.67. The quantitative estimate of drug-likeness (QED) is 0.925. The molecule has 1 aromatic rings. The smallest absolute Gasteiger partial charge is 0.321 e. The molecule has 0 aromatic heterocycles. The summed E-state index contributed by atoms with van der Waals surface area (Å²) in [6.45, 7) is 5.23. The lowest BCUT2D eigenvalue weighted by Gasteiger charge is -2.23. The molecule has 0 bridgehead atoms. The van der Waals surface area contributed by atoms with Gasteiger partial charge in [0, 0.05) is 25.3 Å². The van der Waals surface area contributed by atoms with Crippen LogP contribution in [0.25, 0.3) is 0 Å². The molecule has 1 N–H and O–H groups in total. The molecule has 2 aliphatic rings. The molecule has 4 nitrogen and oxygen atoms in total. The topological polar surface area (TPSA) is 35.6 Å². The van der Waals surface area contributed by atoms with Gasteiger partial charge in [-0.25, -0.2) is 9.18 Å². The van der Waals surface area contributed by atoms with E-state index in [4.69, 9.17) is 0 Å². The molecule has 0 radical (unpaired) electrons. The summed E-state index contributed by atoms with van der Waals surface area (Å²) in [5, 5.41) is 2.80. The van der Waals surface area contributed by atoms with Crippen LogP contribution in [0.2, 0.25) is 0 Å². The average Bonchev–Trinajstić information content (AvgIpc) is 2.91. The number of carbonyl (C=O) groups is 1. The summed E-state index contributed by atoms with van der Waals surface area (Å²) < 4.78 is 13.2. The Hall–Kier alpha value is -1.62. The number of hydrogen-bond donors (Lipinski definition) is 1. The number of carbonyl (C=O) groups excluding carboxylic acids is 1. The molecule has 0 aliphatic carbocycles. The molecular formula is C18H26FN3O. The van der Waals surface area contributed by atoms with Gasteiger partial charge in [0.25, 0.3) is 0 Å². The molecule has 0 saturated carbocycles. The van der Waals surface area contributed by atoms with Crippen LogP contribution in [-0.4, -0.2) is 48.6 Å². The van der Waals surface area contributed by atoms with E-state index in [9.17, 15) is 9.18 Å². The van der Waals surface area contributed by atoms with Crippen LogP contribution in [0, 0.1) is 11.7 Å². The number of anilines is 1. The lowest BCUT2D eigenvalue weighted by atomic mass is 10.0. The standard InChI is InChI=1S/C18H26FN3O/c19-16-6-3-7-17(13-16)20-18(23)22-11-4-5-15(8-12-22)14-21-9-1-2-10-21/h3,6-7,13,15H,1-2,4-5,8-12,14H2,(H,20,23). The Balaban J connectivity index is 1.49. The van der Waals surface area contributed by atoms with Gasteiger partial charge < -0.3 is 15.1 Å². The van der Waals surface area contributed by atoms with E-state index in [-0.39, 0.29) is 11.8 Å². The Morgan fingerprint density at radius 1 is 1.13 bits per heavy atom. The van der Waals surface area contributed by atoms with Gasteiger partial charge in [-0.15, -0.1) is 0 Å². The maximum atomic E-state index is 13.2. The molecule has 1 aromatic carbocycles. The maximum absolute atomic E-state index is 13.2. The van der Waals surface area contributed by atoms with Gasteiger partial charge >= 0.3 is 6.03 Å². The number of rotatable bonds is 3. The van der Waals surface area contributed by atoms with Crippen molar-refractivity contribution in [1.29, 1.82) is 0 Å². The van der Waals surface area contributed by atoms with E-state index >= 15 is 0 Å². The van der Waals surface area contributed by atoms with Gasteiger partial charge in [0.1, 0.15) is 5.82 Å². The molecular weight excluding hydrogens is 293 g/mol. The number of nitrogens with zero attached hydrogens (tertiary/aromatic N) is 2. The largest absolute Gasteiger partial charge is 0.325 e. The number of benzene rings is 1. The first-order valence-electron chi connectivity index (χ1n) is 8.74. The Bertz CT molecular complexity index is 531. The number of halogens is 1. The number of likely N-dealkylation sites (tertiary alicyclic amines) is 2. The van der Waals surface area contributed by atoms with E-state index in [0.29, 0.717) is 11.6 Å². The van der Waals surface area contributed by atoms with E-state index in [1.165, 1.54) is 51.0 Å². The fraction of sp³-hybridized carbons (Fsp3) is 0.611. The van der Waals surface area contributed by atoms with Crippen molar-refractivity contribution in [2.45, 2.75) is 32.1 Å². The Kier molecular flexibility index (Phi) is 5.49. The van der Waals surface area contributed by atoms with Crippen molar-refractivity contribution in [2.24, 2.45) is 5.92 Å². The number of amides is 2. The molecule has 1 unspecified atom stereocenters. The predicted octanol–water partition coefficient (Wildman–Crippen LogP) is 3.56. The van der Waals surface area contributed by atoms with Crippen molar-refractivity contribution < 1.29 is 9.18 Å². The normalized spacial score (nSPS) is 22.8. The summed E-state index contributed by atoms with van der Waals surface area (Å²) in [7, 11) is 0. The van der Waals surface area contributed by atoms with Crippen LogP contribution in [0.4, 0.5) is 14.9 Å². The first kappa shape index (κ1) is 16.2. The molecule has 3 rings (SSSR count). The Morgan fingerprint density at radius 3 is 2.74 bits per heavy atom. The molecule has 2 saturated heterocycles. The van der Waals surface area contributed by atoms with Crippen molar-refractivity contribution >= 4 is 11.7 Å². The van der Waals surface area contributed by atoms with E-state index in [1.807, 2.05) is 4.90 Å². The zero-order chi connectivity index (χ0) is 16.1. The highest BCUT2D eigenvalue weighted by Crippen LogP contribution is 2.21. The third-order valence-corrected chi connectivity index (χ3v) is 4.93. The Morgan fingerprint density at radius 2 is 1.96 bits per heavy atom. The van der Waals surface area contributed by atoms with Crippen molar-refractivity contribution in [1.82, 2.24) is 9.80 Å². The molecule has 2 heterocycles. The first-order chi connectivity index (χ1) is 11.2. The number of hydrogen-bond acceptors (Lipinski definition) is 2. The first-order valence-corrected chi connectivity index (χ1v) is 8.74. The summed E-state index contributed by atoms with van der Waals surface area (Å²) in [4.78, 5) is 16.8. The van der Waals surface area contributed by atoms with Crippen molar-refractivity contribution in [2.75, 3.05) is 38.0 Å². The average molecular weight is 319 g/mol. The minimum Gasteiger partial charge on any atom is -0.325 e. The highest BCUT2D eigenvalue weighted by molar-refractivity contribution is 5.89. The van der Waals surface area contributed by atoms with Crippen LogP contribution < -0.4 is 5.32 Å². The lowest BCUT2D eigenvalue weighted by molar-refractivity contribution is 0.211. The summed E-state index contributed by atoms with van der Waals surface area (Å²) in [6.07, 6.45) is 5.96. The van der Waals surface area contributed by atoms with Crippen LogP contribution >= 0.6 is 0 Å². The fourth-order valence-corrected chi connectivity index (χ4v) is 3.65. The van der Waals surface area contributed by atoms with E-state index in [1.54, 1.807) is 12.1 Å². The zero-order valence-electron chi connectivity index (χ0n) is 13.6. The van der Waals surface area contributed by atoms with E-state index in [2.05, 4.69) is 10.2 Å². The molecule has 126 valence electrons. The monoisotopic (exact) mass is 319 g/mol. The molecule has 2 amide bonds. The van der Waals surface area contributed by atoms with Crippen molar-refractivity contribution in [3.8, 4) is 0 Å². The van der Waals surface area contributed by atoms with Crippen LogP contribution in [0.15, 0.2) is 24.3 Å². The van der Waals surface area contributed by atoms with Gasteiger partial charge in [-0.05, 0) is 69.3 Å². The molecule has 23 heavy (non-hydrogen) atoms. The zero-order valence-corrected chi connectivity index (χ0v) is 13.6. The maximum Gasteiger partial charge on any atom is 0.321 e. The molecule has 2 fully saturated rings. The lowest BCUT2D eigenvalue weighted by Crippen LogP contribution is -2.36. The van der Waals surface area contributed by atoms with Crippen LogP contribution in [0.3, 0.4) is 0 Å². The summed E-state index contributed by atoms with van der Waals surface area (Å²) in [5.74, 6) is 0.365. The van der Waals surface area contributed by atoms with Crippen molar-refractivity contribution in [3.63, 3.8) is 0 Å². The molecule has 5 heteroatoms. The summed E-state index contributed by atoms with van der Waals surface area (Å²) in [6, 6.07) is 5.95. The van der Waals surface area contributed by atoms with Gasteiger partial charge in [-0.3, -0.25) is 0 Å². The van der Waals surface area contributed by atoms with E-state index < -0.39 is 0 Å². The minimum atomic E-state index is -0.329. The van der Waals surface area contributed by atoms with Crippen LogP contribution in [0.1, 0.15) is 32.1 Å². The van der Waals surface area contributed by atoms with Gasteiger partial charge in [0.05, 0.1) is 0 Å². The highest BCUT2D eigenvalue weighted by Gasteiger charge is 2.23. The third-order valence-electron chi connectivity index (χ3n) is 4.93. The second-order valence-corrected chi connectivity index (χ2v) is 6.73. The minimum absolute atomic E-state index is 0.113. The number of urea groups is 1. The van der Waals surface area contributed by atoms with Gasteiger partial charge in [-0.2, -0.15) is 0 Å². The van der Waals surface area contributed by atoms with Crippen LogP contribution in [0.5, 0.6) is 0 Å². The molecule has 1 atom stereocenters. The van der Waals surface area contributed by atoms with Gasteiger partial charge in [0.15, 0.2) is 0 Å². The van der Waals surface area contributed by atoms with Crippen molar-refractivity contribution in [3.05, 3.63) is 30.1 Å². The number of nitrogens with one attached hydrogen (secondary N) is 1. The summed E-state index contributed by atoms with van der Waals surface area (Å²) >= 11 is 0. The second-order valence-electron chi connectivity index (χ2n) is 6.73. The molecule has 0 spiro atoms. The SMILES string of the molecule is O=C(Nc1cccc(F)c1)N1CCCC(CN2CCCC2)CC1. The second kappa shape index (κ2) is 7.77. The summed E-state index contributed by atoms with van der Waals surface area (Å²) in [5.41, 5.74) is 0.521. The van der Waals surface area contributed by atoms with Gasteiger partial charge in [-0.1, -0.05) is 6.07 Å². The van der Waals surface area contributed by atoms with Crippen LogP contribution in [-0.2, 0) is 0 Å². The van der Waals surface area contributed by atoms with E-state index in [0.717, 1.165) is 25.9 Å². The predicted molar refractivity (Wildman–Crippen MR) is 90.0 cm³/mol. The molecule has 2 aliphatic heterocycles. The van der Waals surface area contributed by atoms with Gasteiger partial charge in [0.2, 0.25) is 0 Å². The fourth-order valence-electron chi connectivity index (χ4n) is 3.65. The Labute approximate surface area is 137 Å².